The molecule has 0 unspecified atom stereocenters. The molecule has 0 aliphatic rings. The number of rotatable bonds is 4. The smallest absolute Gasteiger partial charge is 0.273 e. The molecule has 0 aliphatic carbocycles. The lowest BCUT2D eigenvalue weighted by Crippen LogP contribution is -2.18. The number of fused-ring (bicyclic) bond motifs is 1. The van der Waals surface area contributed by atoms with Gasteiger partial charge in [0.2, 0.25) is 0 Å². The highest BCUT2D eigenvalue weighted by molar-refractivity contribution is 5.97. The zero-order valence-corrected chi connectivity index (χ0v) is 15.9. The predicted molar refractivity (Wildman–Crippen MR) is 114 cm³/mol. The van der Waals surface area contributed by atoms with Gasteiger partial charge in [-0.25, -0.2) is 5.43 Å². The van der Waals surface area contributed by atoms with Crippen LogP contribution in [-0.4, -0.2) is 16.7 Å². The Morgan fingerprint density at radius 3 is 2.39 bits per heavy atom. The summed E-state index contributed by atoms with van der Waals surface area (Å²) in [5.41, 5.74) is 7.14. The fraction of sp³-hybridized carbons (Fsp3) is 0.0833. The summed E-state index contributed by atoms with van der Waals surface area (Å²) < 4.78 is 2.07. The molecule has 28 heavy (non-hydrogen) atoms. The van der Waals surface area contributed by atoms with Crippen LogP contribution >= 0.6 is 0 Å². The maximum Gasteiger partial charge on any atom is 0.273 e. The normalized spacial score (nSPS) is 11.2. The summed E-state index contributed by atoms with van der Waals surface area (Å²) in [5, 5.41) is 6.46. The van der Waals surface area contributed by atoms with Crippen LogP contribution in [0.15, 0.2) is 84.0 Å². The Morgan fingerprint density at radius 1 is 0.893 bits per heavy atom. The van der Waals surface area contributed by atoms with Crippen LogP contribution in [0, 0.1) is 13.8 Å². The predicted octanol–water partition coefficient (Wildman–Crippen LogP) is 5.01. The molecule has 0 bridgehead atoms. The number of para-hydroxylation sites is 1. The SMILES string of the molecule is Cc1cc(C(=O)N/N=C/c2ccc3ccccc3c2)c(C)n1-c1ccccc1. The van der Waals surface area contributed by atoms with Gasteiger partial charge in [0.1, 0.15) is 0 Å². The molecule has 138 valence electrons. The lowest BCUT2D eigenvalue weighted by atomic mass is 10.1. The topological polar surface area (TPSA) is 46.4 Å². The first-order chi connectivity index (χ1) is 13.6. The quantitative estimate of drug-likeness (QED) is 0.400. The van der Waals surface area contributed by atoms with E-state index in [1.54, 1.807) is 6.21 Å². The van der Waals surface area contributed by atoms with Crippen LogP contribution in [0.3, 0.4) is 0 Å². The van der Waals surface area contributed by atoms with Crippen molar-refractivity contribution in [3.63, 3.8) is 0 Å². The van der Waals surface area contributed by atoms with Crippen molar-refractivity contribution in [2.45, 2.75) is 13.8 Å². The third-order valence-corrected chi connectivity index (χ3v) is 4.84. The van der Waals surface area contributed by atoms with E-state index in [4.69, 9.17) is 0 Å². The molecule has 0 atom stereocenters. The summed E-state index contributed by atoms with van der Waals surface area (Å²) in [4.78, 5) is 12.6. The van der Waals surface area contributed by atoms with E-state index in [9.17, 15) is 4.79 Å². The van der Waals surface area contributed by atoms with Crippen molar-refractivity contribution >= 4 is 22.9 Å². The molecule has 0 aliphatic heterocycles. The standard InChI is InChI=1S/C24H21N3O/c1-17-14-23(18(2)27(17)22-10-4-3-5-11-22)24(28)26-25-16-19-12-13-20-8-6-7-9-21(20)15-19/h3-16H,1-2H3,(H,26,28)/b25-16+. The van der Waals surface area contributed by atoms with Gasteiger partial charge >= 0.3 is 0 Å². The Balaban J connectivity index is 1.53. The molecule has 4 rings (SSSR count). The zero-order valence-electron chi connectivity index (χ0n) is 15.9. The Hall–Kier alpha value is -3.66. The molecule has 1 heterocycles. The van der Waals surface area contributed by atoms with Crippen molar-refractivity contribution in [3.8, 4) is 5.69 Å². The van der Waals surface area contributed by atoms with Crippen LogP contribution in [0.5, 0.6) is 0 Å². The second-order valence-corrected chi connectivity index (χ2v) is 6.76. The third kappa shape index (κ3) is 3.45. The minimum atomic E-state index is -0.215. The molecule has 1 amide bonds. The van der Waals surface area contributed by atoms with Crippen molar-refractivity contribution < 1.29 is 4.79 Å². The number of carbonyl (C=O) groups excluding carboxylic acids is 1. The van der Waals surface area contributed by atoms with Crippen molar-refractivity contribution in [1.29, 1.82) is 0 Å². The highest BCUT2D eigenvalue weighted by atomic mass is 16.2. The summed E-state index contributed by atoms with van der Waals surface area (Å²) in [7, 11) is 0. The first-order valence-corrected chi connectivity index (χ1v) is 9.20. The van der Waals surface area contributed by atoms with Crippen LogP contribution in [0.4, 0.5) is 0 Å². The molecule has 0 radical (unpaired) electrons. The van der Waals surface area contributed by atoms with E-state index in [0.717, 1.165) is 28.0 Å². The summed E-state index contributed by atoms with van der Waals surface area (Å²) in [6, 6.07) is 26.1. The highest BCUT2D eigenvalue weighted by Gasteiger charge is 2.16. The molecule has 0 saturated carbocycles. The molecule has 0 spiro atoms. The Kier molecular flexibility index (Phi) is 4.77. The summed E-state index contributed by atoms with van der Waals surface area (Å²) in [6.45, 7) is 3.94. The number of aromatic nitrogens is 1. The average Bonchev–Trinajstić information content (AvgIpc) is 3.02. The van der Waals surface area contributed by atoms with Crippen LogP contribution in [-0.2, 0) is 0 Å². The summed E-state index contributed by atoms with van der Waals surface area (Å²) in [5.74, 6) is -0.215. The van der Waals surface area contributed by atoms with Crippen LogP contribution in [0.2, 0.25) is 0 Å². The minimum absolute atomic E-state index is 0.215. The molecule has 4 aromatic rings. The molecular formula is C24H21N3O. The maximum atomic E-state index is 12.6. The number of hydrogen-bond donors (Lipinski definition) is 1. The molecule has 3 aromatic carbocycles. The van der Waals surface area contributed by atoms with Gasteiger partial charge in [-0.1, -0.05) is 54.6 Å². The van der Waals surface area contributed by atoms with Crippen molar-refractivity contribution in [1.82, 2.24) is 9.99 Å². The minimum Gasteiger partial charge on any atom is -0.318 e. The van der Waals surface area contributed by atoms with Gasteiger partial charge in [-0.3, -0.25) is 4.79 Å². The van der Waals surface area contributed by atoms with E-state index >= 15 is 0 Å². The lowest BCUT2D eigenvalue weighted by Gasteiger charge is -2.09. The number of nitrogens with zero attached hydrogens (tertiary/aromatic N) is 2. The first kappa shape index (κ1) is 17.7. The average molecular weight is 367 g/mol. The Bertz CT molecular complexity index is 1170. The van der Waals surface area contributed by atoms with Gasteiger partial charge in [-0.05, 0) is 54.4 Å². The molecule has 4 nitrogen and oxygen atoms in total. The molecule has 1 N–H and O–H groups in total. The monoisotopic (exact) mass is 367 g/mol. The molecule has 0 fully saturated rings. The van der Waals surface area contributed by atoms with Gasteiger partial charge in [0.05, 0.1) is 11.8 Å². The van der Waals surface area contributed by atoms with Gasteiger partial charge in [0.15, 0.2) is 0 Å². The van der Waals surface area contributed by atoms with Gasteiger partial charge in [0, 0.05) is 17.1 Å². The number of nitrogens with one attached hydrogen (secondary N) is 1. The number of hydrogen-bond acceptors (Lipinski definition) is 2. The maximum absolute atomic E-state index is 12.6. The fourth-order valence-electron chi connectivity index (χ4n) is 3.48. The highest BCUT2D eigenvalue weighted by Crippen LogP contribution is 2.20. The van der Waals surface area contributed by atoms with E-state index in [1.807, 2.05) is 80.6 Å². The summed E-state index contributed by atoms with van der Waals surface area (Å²) in [6.07, 6.45) is 1.67. The molecule has 0 saturated heterocycles. The number of benzene rings is 3. The van der Waals surface area contributed by atoms with Crippen molar-refractivity contribution in [2.24, 2.45) is 5.10 Å². The van der Waals surface area contributed by atoms with E-state index in [1.165, 1.54) is 5.39 Å². The van der Waals surface area contributed by atoms with E-state index in [2.05, 4.69) is 27.2 Å². The second kappa shape index (κ2) is 7.53. The van der Waals surface area contributed by atoms with Gasteiger partial charge in [-0.2, -0.15) is 5.10 Å². The number of carbonyl (C=O) groups is 1. The van der Waals surface area contributed by atoms with Crippen molar-refractivity contribution in [2.75, 3.05) is 0 Å². The number of amides is 1. The van der Waals surface area contributed by atoms with Crippen LogP contribution in [0.25, 0.3) is 16.5 Å². The first-order valence-electron chi connectivity index (χ1n) is 9.20. The molecule has 4 heteroatoms. The fourth-order valence-corrected chi connectivity index (χ4v) is 3.48. The summed E-state index contributed by atoms with van der Waals surface area (Å²) >= 11 is 0. The van der Waals surface area contributed by atoms with Gasteiger partial charge < -0.3 is 4.57 Å². The Labute approximate surface area is 164 Å². The second-order valence-electron chi connectivity index (χ2n) is 6.76. The van der Waals surface area contributed by atoms with E-state index in [-0.39, 0.29) is 5.91 Å². The van der Waals surface area contributed by atoms with Gasteiger partial charge in [0.25, 0.3) is 5.91 Å². The Morgan fingerprint density at radius 2 is 1.61 bits per heavy atom. The number of aryl methyl sites for hydroxylation is 1. The zero-order chi connectivity index (χ0) is 19.5. The van der Waals surface area contributed by atoms with Crippen LogP contribution in [0.1, 0.15) is 27.3 Å². The van der Waals surface area contributed by atoms with Crippen LogP contribution < -0.4 is 5.43 Å². The molecular weight excluding hydrogens is 346 g/mol. The van der Waals surface area contributed by atoms with Crippen molar-refractivity contribution in [3.05, 3.63) is 101 Å². The van der Waals surface area contributed by atoms with E-state index < -0.39 is 0 Å². The molecule has 1 aromatic heterocycles. The van der Waals surface area contributed by atoms with E-state index in [0.29, 0.717) is 5.56 Å². The van der Waals surface area contributed by atoms with Gasteiger partial charge in [-0.15, -0.1) is 0 Å². The lowest BCUT2D eigenvalue weighted by molar-refractivity contribution is 0.0954. The third-order valence-electron chi connectivity index (χ3n) is 4.84. The largest absolute Gasteiger partial charge is 0.318 e. The number of hydrazone groups is 1.